The van der Waals surface area contributed by atoms with E-state index in [0.29, 0.717) is 17.1 Å². The maximum atomic E-state index is 15.0. The van der Waals surface area contributed by atoms with Crippen molar-refractivity contribution in [1.82, 2.24) is 5.16 Å². The lowest BCUT2D eigenvalue weighted by atomic mass is 10.00. The number of anilines is 1. The van der Waals surface area contributed by atoms with Crippen molar-refractivity contribution in [3.8, 4) is 5.88 Å². The molecule has 1 aliphatic carbocycles. The van der Waals surface area contributed by atoms with Gasteiger partial charge >= 0.3 is 6.09 Å². The number of amides is 1. The molecule has 4 rings (SSSR count). The van der Waals surface area contributed by atoms with Crippen LogP contribution in [0.25, 0.3) is 5.57 Å². The van der Waals surface area contributed by atoms with E-state index in [0.717, 1.165) is 36.6 Å². The Labute approximate surface area is 164 Å². The number of benzene rings is 1. The van der Waals surface area contributed by atoms with Crippen molar-refractivity contribution in [3.05, 3.63) is 41.9 Å². The van der Waals surface area contributed by atoms with Crippen LogP contribution < -0.4 is 14.9 Å². The molecule has 2 unspecified atom stereocenters. The summed E-state index contributed by atoms with van der Waals surface area (Å²) in [7, 11) is 2.60. The molecule has 28 heavy (non-hydrogen) atoms. The summed E-state index contributed by atoms with van der Waals surface area (Å²) >= 11 is 0. The SMILES string of the molecule is O=C1OC(COc2ccon2)CN1c1cc(F)c(C2=CCCCCC2)c(P)c1. The van der Waals surface area contributed by atoms with E-state index in [1.165, 1.54) is 23.7 Å². The van der Waals surface area contributed by atoms with Gasteiger partial charge in [-0.05, 0) is 53.9 Å². The highest BCUT2D eigenvalue weighted by Gasteiger charge is 2.33. The Hall–Kier alpha value is -2.40. The summed E-state index contributed by atoms with van der Waals surface area (Å²) in [6.45, 7) is 0.429. The molecule has 2 heterocycles. The zero-order valence-electron chi connectivity index (χ0n) is 15.4. The van der Waals surface area contributed by atoms with Gasteiger partial charge in [0.25, 0.3) is 5.88 Å². The number of carbonyl (C=O) groups is 1. The lowest BCUT2D eigenvalue weighted by Gasteiger charge is -2.17. The minimum Gasteiger partial charge on any atom is -0.471 e. The zero-order valence-corrected chi connectivity index (χ0v) is 16.6. The summed E-state index contributed by atoms with van der Waals surface area (Å²) < 4.78 is 30.4. The maximum Gasteiger partial charge on any atom is 0.414 e. The molecule has 0 saturated carbocycles. The molecule has 1 aromatic carbocycles. The second-order valence-electron chi connectivity index (χ2n) is 6.99. The van der Waals surface area contributed by atoms with Crippen molar-refractivity contribution in [2.75, 3.05) is 18.1 Å². The van der Waals surface area contributed by atoms with Gasteiger partial charge in [-0.25, -0.2) is 9.18 Å². The molecule has 1 amide bonds. The number of hydrogen-bond acceptors (Lipinski definition) is 5. The molecule has 2 atom stereocenters. The van der Waals surface area contributed by atoms with Gasteiger partial charge in [0.1, 0.15) is 18.7 Å². The van der Waals surface area contributed by atoms with E-state index in [4.69, 9.17) is 14.0 Å². The quantitative estimate of drug-likeness (QED) is 0.703. The molecule has 1 fully saturated rings. The largest absolute Gasteiger partial charge is 0.471 e. The Morgan fingerprint density at radius 3 is 3.00 bits per heavy atom. The number of ether oxygens (including phenoxy) is 2. The van der Waals surface area contributed by atoms with Gasteiger partial charge in [-0.2, -0.15) is 0 Å². The van der Waals surface area contributed by atoms with Crippen LogP contribution in [-0.2, 0) is 4.74 Å². The number of nitrogens with zero attached hydrogens (tertiary/aromatic N) is 2. The Balaban J connectivity index is 1.49. The predicted octanol–water partition coefficient (Wildman–Crippen LogP) is 4.07. The zero-order chi connectivity index (χ0) is 19.5. The summed E-state index contributed by atoms with van der Waals surface area (Å²) in [6, 6.07) is 4.80. The second-order valence-corrected chi connectivity index (χ2v) is 7.61. The van der Waals surface area contributed by atoms with Crippen LogP contribution in [0.1, 0.15) is 37.7 Å². The summed E-state index contributed by atoms with van der Waals surface area (Å²) in [5.41, 5.74) is 2.16. The Kier molecular flexibility index (Phi) is 5.62. The number of halogens is 1. The van der Waals surface area contributed by atoms with E-state index < -0.39 is 12.2 Å². The minimum atomic E-state index is -0.515. The first-order valence-electron chi connectivity index (χ1n) is 9.41. The predicted molar refractivity (Wildman–Crippen MR) is 106 cm³/mol. The molecule has 1 aromatic heterocycles. The molecular formula is C20H22FN2O4P. The summed E-state index contributed by atoms with van der Waals surface area (Å²) in [5.74, 6) is 0.0135. The van der Waals surface area contributed by atoms with Gasteiger partial charge in [-0.15, -0.1) is 9.24 Å². The fourth-order valence-electron chi connectivity index (χ4n) is 3.62. The van der Waals surface area contributed by atoms with E-state index in [2.05, 4.69) is 20.5 Å². The van der Waals surface area contributed by atoms with E-state index in [1.54, 1.807) is 6.07 Å². The third-order valence-electron chi connectivity index (χ3n) is 4.98. The number of cyclic esters (lactones) is 1. The van der Waals surface area contributed by atoms with Gasteiger partial charge in [0.15, 0.2) is 6.10 Å². The molecule has 0 bridgehead atoms. The van der Waals surface area contributed by atoms with Crippen molar-refractivity contribution in [2.24, 2.45) is 0 Å². The minimum absolute atomic E-state index is 0.149. The van der Waals surface area contributed by atoms with Crippen molar-refractivity contribution in [3.63, 3.8) is 0 Å². The van der Waals surface area contributed by atoms with Crippen LogP contribution in [0.15, 0.2) is 35.1 Å². The van der Waals surface area contributed by atoms with Gasteiger partial charge in [-0.1, -0.05) is 12.5 Å². The molecule has 6 nitrogen and oxygen atoms in total. The van der Waals surface area contributed by atoms with Crippen molar-refractivity contribution in [1.29, 1.82) is 0 Å². The molecule has 1 saturated heterocycles. The molecule has 8 heteroatoms. The van der Waals surface area contributed by atoms with Crippen LogP contribution in [0.2, 0.25) is 0 Å². The third kappa shape index (κ3) is 4.04. The average Bonchev–Trinajstić information content (AvgIpc) is 3.23. The molecule has 1 aliphatic heterocycles. The normalized spacial score (nSPS) is 19.9. The highest BCUT2D eigenvalue weighted by atomic mass is 31.0. The molecule has 148 valence electrons. The highest BCUT2D eigenvalue weighted by molar-refractivity contribution is 7.27. The molecule has 0 radical (unpaired) electrons. The Bertz CT molecular complexity index is 861. The van der Waals surface area contributed by atoms with Gasteiger partial charge < -0.3 is 14.0 Å². The average molecular weight is 404 g/mol. The first kappa shape index (κ1) is 18.9. The third-order valence-corrected chi connectivity index (χ3v) is 5.44. The topological polar surface area (TPSA) is 64.8 Å². The van der Waals surface area contributed by atoms with E-state index in [1.807, 2.05) is 6.07 Å². The number of carbonyl (C=O) groups excluding carboxylic acids is 1. The van der Waals surface area contributed by atoms with Crippen molar-refractivity contribution < 1.29 is 23.2 Å². The lowest BCUT2D eigenvalue weighted by molar-refractivity contribution is 0.102. The first-order chi connectivity index (χ1) is 13.6. The number of rotatable bonds is 5. The number of allylic oxidation sites excluding steroid dienone is 2. The monoisotopic (exact) mass is 404 g/mol. The van der Waals surface area contributed by atoms with E-state index in [9.17, 15) is 9.18 Å². The standard InChI is InChI=1S/C20H22FN2O4P/c21-16-9-14(10-17(28)19(16)13-5-3-1-2-4-6-13)23-11-15(27-20(23)24)12-25-18-7-8-26-22-18/h5,7-10,15H,1-4,6,11-12,28H2. The van der Waals surface area contributed by atoms with Crippen LogP contribution in [-0.4, -0.2) is 30.5 Å². The lowest BCUT2D eigenvalue weighted by Crippen LogP contribution is -2.27. The van der Waals surface area contributed by atoms with Gasteiger partial charge in [-0.3, -0.25) is 4.90 Å². The van der Waals surface area contributed by atoms with Crippen LogP contribution in [0.4, 0.5) is 14.9 Å². The molecule has 0 spiro atoms. The number of hydrogen-bond donors (Lipinski definition) is 0. The fraction of sp³-hybridized carbons (Fsp3) is 0.400. The van der Waals surface area contributed by atoms with E-state index >= 15 is 0 Å². The Morgan fingerprint density at radius 1 is 1.32 bits per heavy atom. The molecule has 2 aliphatic rings. The van der Waals surface area contributed by atoms with Gasteiger partial charge in [0.05, 0.1) is 12.2 Å². The van der Waals surface area contributed by atoms with Crippen LogP contribution >= 0.6 is 9.24 Å². The van der Waals surface area contributed by atoms with Crippen LogP contribution in [0.3, 0.4) is 0 Å². The summed E-state index contributed by atoms with van der Waals surface area (Å²) in [4.78, 5) is 13.7. The smallest absolute Gasteiger partial charge is 0.414 e. The number of aromatic nitrogens is 1. The Morgan fingerprint density at radius 2 is 2.21 bits per heavy atom. The second kappa shape index (κ2) is 8.31. The van der Waals surface area contributed by atoms with Crippen molar-refractivity contribution >= 4 is 31.9 Å². The van der Waals surface area contributed by atoms with Crippen LogP contribution in [0.5, 0.6) is 5.88 Å². The van der Waals surface area contributed by atoms with Crippen LogP contribution in [0, 0.1) is 5.82 Å². The van der Waals surface area contributed by atoms with Gasteiger partial charge in [0, 0.05) is 11.6 Å². The summed E-state index contributed by atoms with van der Waals surface area (Å²) in [6.07, 6.45) is 7.80. The van der Waals surface area contributed by atoms with E-state index in [-0.39, 0.29) is 19.0 Å². The molecule has 2 aromatic rings. The first-order valence-corrected chi connectivity index (χ1v) is 9.99. The van der Waals surface area contributed by atoms with Crippen molar-refractivity contribution in [2.45, 2.75) is 38.2 Å². The molecular weight excluding hydrogens is 382 g/mol. The summed E-state index contributed by atoms with van der Waals surface area (Å²) in [5, 5.41) is 4.40. The van der Waals surface area contributed by atoms with Gasteiger partial charge in [0.2, 0.25) is 0 Å². The highest BCUT2D eigenvalue weighted by Crippen LogP contribution is 2.31. The molecule has 0 N–H and O–H groups in total. The maximum absolute atomic E-state index is 15.0. The fourth-order valence-corrected chi connectivity index (χ4v) is 4.12.